The fourth-order valence-corrected chi connectivity index (χ4v) is 2.73. The Morgan fingerprint density at radius 1 is 1.50 bits per heavy atom. The van der Waals surface area contributed by atoms with Gasteiger partial charge in [-0.25, -0.2) is 4.39 Å². The zero-order valence-electron chi connectivity index (χ0n) is 12.3. The zero-order chi connectivity index (χ0) is 16.3. The SMILES string of the molecule is CNCC1CCN(C(=O)c2cc(F)cc([N+](=O)[O-])c2N)CC1. The summed E-state index contributed by atoms with van der Waals surface area (Å²) in [5.74, 6) is -0.800. The molecule has 1 amide bonds. The van der Waals surface area contributed by atoms with Crippen LogP contribution in [-0.4, -0.2) is 42.4 Å². The number of nitro groups is 1. The molecule has 0 radical (unpaired) electrons. The highest BCUT2D eigenvalue weighted by Crippen LogP contribution is 2.29. The van der Waals surface area contributed by atoms with Gasteiger partial charge in [0.15, 0.2) is 0 Å². The minimum Gasteiger partial charge on any atom is -0.393 e. The molecule has 8 heteroatoms. The number of carbonyl (C=O) groups is 1. The Labute approximate surface area is 127 Å². The van der Waals surface area contributed by atoms with E-state index >= 15 is 0 Å². The van der Waals surface area contributed by atoms with Crippen LogP contribution in [0.25, 0.3) is 0 Å². The number of nitrogens with one attached hydrogen (secondary N) is 1. The molecule has 1 aromatic rings. The van der Waals surface area contributed by atoms with Crippen molar-refractivity contribution in [2.45, 2.75) is 12.8 Å². The molecule has 1 aliphatic heterocycles. The molecule has 1 saturated heterocycles. The third kappa shape index (κ3) is 3.33. The van der Waals surface area contributed by atoms with Gasteiger partial charge >= 0.3 is 0 Å². The van der Waals surface area contributed by atoms with Crippen LogP contribution in [0, 0.1) is 21.8 Å². The first-order chi connectivity index (χ1) is 10.4. The molecule has 0 saturated carbocycles. The van der Waals surface area contributed by atoms with Crippen LogP contribution < -0.4 is 11.1 Å². The van der Waals surface area contributed by atoms with E-state index in [2.05, 4.69) is 5.32 Å². The van der Waals surface area contributed by atoms with Crippen LogP contribution in [0.15, 0.2) is 12.1 Å². The average molecular weight is 310 g/mol. The van der Waals surface area contributed by atoms with Crippen molar-refractivity contribution in [2.24, 2.45) is 5.92 Å². The number of benzene rings is 1. The average Bonchev–Trinajstić information content (AvgIpc) is 2.49. The van der Waals surface area contributed by atoms with Gasteiger partial charge in [0, 0.05) is 13.1 Å². The van der Waals surface area contributed by atoms with E-state index in [1.807, 2.05) is 7.05 Å². The lowest BCUT2D eigenvalue weighted by atomic mass is 9.96. The monoisotopic (exact) mass is 310 g/mol. The van der Waals surface area contributed by atoms with Crippen LogP contribution >= 0.6 is 0 Å². The van der Waals surface area contributed by atoms with Gasteiger partial charge < -0.3 is 16.0 Å². The second kappa shape index (κ2) is 6.69. The summed E-state index contributed by atoms with van der Waals surface area (Å²) in [4.78, 5) is 24.1. The second-order valence-electron chi connectivity index (χ2n) is 5.44. The number of halogens is 1. The summed E-state index contributed by atoms with van der Waals surface area (Å²) in [5, 5.41) is 14.0. The number of rotatable bonds is 4. The quantitative estimate of drug-likeness (QED) is 0.497. The minimum absolute atomic E-state index is 0.140. The molecule has 2 rings (SSSR count). The Morgan fingerprint density at radius 2 is 2.14 bits per heavy atom. The first-order valence-corrected chi connectivity index (χ1v) is 7.11. The van der Waals surface area contributed by atoms with Gasteiger partial charge in [-0.15, -0.1) is 0 Å². The van der Waals surface area contributed by atoms with Crippen molar-refractivity contribution in [3.63, 3.8) is 0 Å². The van der Waals surface area contributed by atoms with Crippen LogP contribution in [0.4, 0.5) is 15.8 Å². The number of nitrogens with two attached hydrogens (primary N) is 1. The zero-order valence-corrected chi connectivity index (χ0v) is 12.3. The van der Waals surface area contributed by atoms with E-state index in [9.17, 15) is 19.3 Å². The number of piperidine rings is 1. The Kier molecular flexibility index (Phi) is 4.92. The summed E-state index contributed by atoms with van der Waals surface area (Å²) in [5.41, 5.74) is 4.67. The number of carbonyl (C=O) groups excluding carboxylic acids is 1. The van der Waals surface area contributed by atoms with Crippen LogP contribution in [0.2, 0.25) is 0 Å². The molecule has 0 spiro atoms. The first kappa shape index (κ1) is 16.2. The molecular weight excluding hydrogens is 291 g/mol. The van der Waals surface area contributed by atoms with Gasteiger partial charge in [-0.1, -0.05) is 0 Å². The molecule has 0 atom stereocenters. The van der Waals surface area contributed by atoms with E-state index in [0.717, 1.165) is 31.5 Å². The Bertz CT molecular complexity index is 586. The summed E-state index contributed by atoms with van der Waals surface area (Å²) in [6.07, 6.45) is 1.67. The lowest BCUT2D eigenvalue weighted by Crippen LogP contribution is -2.40. The molecule has 0 aliphatic carbocycles. The number of hydrogen-bond donors (Lipinski definition) is 2. The predicted molar refractivity (Wildman–Crippen MR) is 80.0 cm³/mol. The van der Waals surface area contributed by atoms with Gasteiger partial charge in [0.2, 0.25) is 0 Å². The summed E-state index contributed by atoms with van der Waals surface area (Å²) in [7, 11) is 1.88. The van der Waals surface area contributed by atoms with Crippen molar-refractivity contribution in [2.75, 3.05) is 32.4 Å². The normalized spacial score (nSPS) is 15.8. The van der Waals surface area contributed by atoms with Gasteiger partial charge in [0.05, 0.1) is 16.6 Å². The smallest absolute Gasteiger partial charge is 0.295 e. The number of nitrogen functional groups attached to an aromatic ring is 1. The summed E-state index contributed by atoms with van der Waals surface area (Å²) in [6, 6.07) is 1.69. The maximum absolute atomic E-state index is 13.5. The number of hydrogen-bond acceptors (Lipinski definition) is 5. The topological polar surface area (TPSA) is 102 Å². The van der Waals surface area contributed by atoms with Crippen LogP contribution in [-0.2, 0) is 0 Å². The van der Waals surface area contributed by atoms with Crippen molar-refractivity contribution < 1.29 is 14.1 Å². The van der Waals surface area contributed by atoms with Crippen LogP contribution in [0.3, 0.4) is 0 Å². The predicted octanol–water partition coefficient (Wildman–Crippen LogP) is 1.39. The van der Waals surface area contributed by atoms with Crippen molar-refractivity contribution in [3.05, 3.63) is 33.6 Å². The molecule has 0 bridgehead atoms. The third-order valence-electron chi connectivity index (χ3n) is 3.94. The van der Waals surface area contributed by atoms with Gasteiger partial charge in [0.1, 0.15) is 11.5 Å². The van der Waals surface area contributed by atoms with Crippen molar-refractivity contribution in [1.29, 1.82) is 0 Å². The highest BCUT2D eigenvalue weighted by atomic mass is 19.1. The maximum Gasteiger partial charge on any atom is 0.295 e. The standard InChI is InChI=1S/C14H19FN4O3/c1-17-8-9-2-4-18(5-3-9)14(20)11-6-10(15)7-12(13(11)16)19(21)22/h6-7,9,17H,2-5,8,16H2,1H3. The fraction of sp³-hybridized carbons (Fsp3) is 0.500. The van der Waals surface area contributed by atoms with Gasteiger partial charge in [-0.05, 0) is 38.4 Å². The molecule has 3 N–H and O–H groups in total. The lowest BCUT2D eigenvalue weighted by Gasteiger charge is -2.32. The van der Waals surface area contributed by atoms with E-state index in [1.165, 1.54) is 0 Å². The summed E-state index contributed by atoms with van der Waals surface area (Å²) < 4.78 is 13.5. The van der Waals surface area contributed by atoms with Gasteiger partial charge in [-0.3, -0.25) is 14.9 Å². The summed E-state index contributed by atoms with van der Waals surface area (Å²) >= 11 is 0. The number of nitrogens with zero attached hydrogens (tertiary/aromatic N) is 2. The molecule has 22 heavy (non-hydrogen) atoms. The molecule has 7 nitrogen and oxygen atoms in total. The molecule has 1 aliphatic rings. The van der Waals surface area contributed by atoms with Crippen LogP contribution in [0.5, 0.6) is 0 Å². The molecule has 0 aromatic heterocycles. The molecule has 120 valence electrons. The van der Waals surface area contributed by atoms with Gasteiger partial charge in [-0.2, -0.15) is 0 Å². The number of amides is 1. The highest BCUT2D eigenvalue weighted by Gasteiger charge is 2.28. The highest BCUT2D eigenvalue weighted by molar-refractivity contribution is 6.01. The van der Waals surface area contributed by atoms with E-state index in [0.29, 0.717) is 19.0 Å². The van der Waals surface area contributed by atoms with E-state index in [1.54, 1.807) is 4.90 Å². The Hall–Kier alpha value is -2.22. The van der Waals surface area contributed by atoms with E-state index < -0.39 is 22.3 Å². The third-order valence-corrected chi connectivity index (χ3v) is 3.94. The molecule has 1 heterocycles. The Morgan fingerprint density at radius 3 is 2.68 bits per heavy atom. The maximum atomic E-state index is 13.5. The molecule has 1 aromatic carbocycles. The summed E-state index contributed by atoms with van der Waals surface area (Å²) in [6.45, 7) is 1.96. The van der Waals surface area contributed by atoms with Crippen LogP contribution in [0.1, 0.15) is 23.2 Å². The first-order valence-electron chi connectivity index (χ1n) is 7.11. The minimum atomic E-state index is -0.839. The Balaban J connectivity index is 2.18. The van der Waals surface area contributed by atoms with E-state index in [-0.39, 0.29) is 11.3 Å². The second-order valence-corrected chi connectivity index (χ2v) is 5.44. The number of likely N-dealkylation sites (tertiary alicyclic amines) is 1. The van der Waals surface area contributed by atoms with Gasteiger partial charge in [0.25, 0.3) is 11.6 Å². The molecular formula is C14H19FN4O3. The largest absolute Gasteiger partial charge is 0.393 e. The van der Waals surface area contributed by atoms with E-state index in [4.69, 9.17) is 5.73 Å². The van der Waals surface area contributed by atoms with Crippen molar-refractivity contribution in [3.8, 4) is 0 Å². The number of nitro benzene ring substituents is 1. The van der Waals surface area contributed by atoms with Crippen molar-refractivity contribution in [1.82, 2.24) is 10.2 Å². The number of anilines is 1. The van der Waals surface area contributed by atoms with Crippen molar-refractivity contribution >= 4 is 17.3 Å². The fourth-order valence-electron chi connectivity index (χ4n) is 2.73. The lowest BCUT2D eigenvalue weighted by molar-refractivity contribution is -0.384. The molecule has 0 unspecified atom stereocenters. The molecule has 1 fully saturated rings.